The molecule has 0 heterocycles. The van der Waals surface area contributed by atoms with Crippen LogP contribution in [0.15, 0.2) is 48.5 Å². The summed E-state index contributed by atoms with van der Waals surface area (Å²) in [5.41, 5.74) is 2.70. The van der Waals surface area contributed by atoms with Crippen LogP contribution in [0.2, 0.25) is 0 Å². The van der Waals surface area contributed by atoms with Crippen molar-refractivity contribution in [2.75, 3.05) is 19.5 Å². The number of para-hydroxylation sites is 1. The van der Waals surface area contributed by atoms with Gasteiger partial charge in [-0.15, -0.1) is 0 Å². The van der Waals surface area contributed by atoms with Gasteiger partial charge in [-0.05, 0) is 37.3 Å². The summed E-state index contributed by atoms with van der Waals surface area (Å²) < 4.78 is 5.38. The Morgan fingerprint density at radius 2 is 1.76 bits per heavy atom. The number of nitrogens with one attached hydrogen (secondary N) is 2. The largest absolute Gasteiger partial charge is 0.496 e. The van der Waals surface area contributed by atoms with Gasteiger partial charge in [-0.25, -0.2) is 0 Å². The summed E-state index contributed by atoms with van der Waals surface area (Å²) in [6, 6.07) is 15.4. The molecule has 2 rings (SSSR count). The average Bonchev–Trinajstić information content (AvgIpc) is 2.54. The van der Waals surface area contributed by atoms with E-state index in [0.29, 0.717) is 5.56 Å². The Labute approximate surface area is 125 Å². The Hall–Kier alpha value is -2.49. The molecule has 4 nitrogen and oxygen atoms in total. The zero-order chi connectivity index (χ0) is 15.2. The minimum Gasteiger partial charge on any atom is -0.496 e. The molecule has 1 amide bonds. The predicted octanol–water partition coefficient (Wildman–Crippen LogP) is 3.23. The van der Waals surface area contributed by atoms with Gasteiger partial charge in [0.2, 0.25) is 0 Å². The molecule has 0 bridgehead atoms. The maximum atomic E-state index is 11.5. The molecule has 4 heteroatoms. The minimum atomic E-state index is -0.0840. The maximum Gasteiger partial charge on any atom is 0.251 e. The summed E-state index contributed by atoms with van der Waals surface area (Å²) in [6.45, 7) is 2.07. The van der Waals surface area contributed by atoms with Crippen LogP contribution in [0.5, 0.6) is 5.75 Å². The molecule has 110 valence electrons. The van der Waals surface area contributed by atoms with E-state index in [1.54, 1.807) is 26.3 Å². The maximum absolute atomic E-state index is 11.5. The van der Waals surface area contributed by atoms with Crippen LogP contribution in [-0.4, -0.2) is 20.1 Å². The van der Waals surface area contributed by atoms with Crippen molar-refractivity contribution in [2.45, 2.75) is 13.0 Å². The summed E-state index contributed by atoms with van der Waals surface area (Å²) in [4.78, 5) is 11.5. The number of methoxy groups -OCH3 is 1. The van der Waals surface area contributed by atoms with Gasteiger partial charge in [0.1, 0.15) is 5.75 Å². The van der Waals surface area contributed by atoms with Crippen LogP contribution < -0.4 is 15.4 Å². The van der Waals surface area contributed by atoms with E-state index < -0.39 is 0 Å². The van der Waals surface area contributed by atoms with E-state index in [0.717, 1.165) is 17.0 Å². The Morgan fingerprint density at radius 1 is 1.10 bits per heavy atom. The van der Waals surface area contributed by atoms with Crippen molar-refractivity contribution in [3.8, 4) is 5.75 Å². The molecule has 0 radical (unpaired) electrons. The van der Waals surface area contributed by atoms with Crippen LogP contribution >= 0.6 is 0 Å². The number of rotatable bonds is 5. The fourth-order valence-electron chi connectivity index (χ4n) is 2.21. The molecule has 1 atom stereocenters. The number of ether oxygens (including phenoxy) is 1. The summed E-state index contributed by atoms with van der Waals surface area (Å²) in [5, 5.41) is 6.01. The molecule has 0 aromatic heterocycles. The molecule has 2 aromatic carbocycles. The van der Waals surface area contributed by atoms with E-state index in [-0.39, 0.29) is 11.9 Å². The Kier molecular flexibility index (Phi) is 4.82. The second-order valence-electron chi connectivity index (χ2n) is 4.76. The molecule has 0 fully saturated rings. The van der Waals surface area contributed by atoms with Gasteiger partial charge in [-0.1, -0.05) is 18.2 Å². The molecule has 0 aliphatic rings. The number of amides is 1. The number of anilines is 1. The predicted molar refractivity (Wildman–Crippen MR) is 84.9 cm³/mol. The third-order valence-corrected chi connectivity index (χ3v) is 3.36. The minimum absolute atomic E-state index is 0.0840. The first-order valence-corrected chi connectivity index (χ1v) is 6.87. The summed E-state index contributed by atoms with van der Waals surface area (Å²) >= 11 is 0. The van der Waals surface area contributed by atoms with E-state index >= 15 is 0 Å². The second-order valence-corrected chi connectivity index (χ2v) is 4.76. The molecule has 0 aliphatic carbocycles. The number of benzene rings is 2. The molecule has 2 aromatic rings. The summed E-state index contributed by atoms with van der Waals surface area (Å²) in [6.07, 6.45) is 0. The number of carbonyl (C=O) groups excluding carboxylic acids is 1. The van der Waals surface area contributed by atoms with E-state index in [1.165, 1.54) is 0 Å². The average molecular weight is 284 g/mol. The first-order chi connectivity index (χ1) is 10.2. The lowest BCUT2D eigenvalue weighted by Crippen LogP contribution is -2.17. The van der Waals surface area contributed by atoms with Gasteiger partial charge in [0.25, 0.3) is 5.91 Å². The van der Waals surface area contributed by atoms with Gasteiger partial charge in [0, 0.05) is 23.9 Å². The third kappa shape index (κ3) is 3.54. The van der Waals surface area contributed by atoms with E-state index in [9.17, 15) is 4.79 Å². The zero-order valence-electron chi connectivity index (χ0n) is 12.5. The highest BCUT2D eigenvalue weighted by molar-refractivity contribution is 5.94. The first kappa shape index (κ1) is 14.9. The molecule has 0 saturated carbocycles. The smallest absolute Gasteiger partial charge is 0.251 e. The zero-order valence-corrected chi connectivity index (χ0v) is 12.5. The van der Waals surface area contributed by atoms with Crippen LogP contribution in [0, 0.1) is 0 Å². The highest BCUT2D eigenvalue weighted by Crippen LogP contribution is 2.27. The molecule has 0 saturated heterocycles. The highest BCUT2D eigenvalue weighted by atomic mass is 16.5. The van der Waals surface area contributed by atoms with Crippen molar-refractivity contribution in [1.29, 1.82) is 0 Å². The van der Waals surface area contributed by atoms with Crippen molar-refractivity contribution in [1.82, 2.24) is 5.32 Å². The summed E-state index contributed by atoms with van der Waals surface area (Å²) in [5.74, 6) is 0.777. The van der Waals surface area contributed by atoms with E-state index in [1.807, 2.05) is 36.4 Å². The Balaban J connectivity index is 2.12. The van der Waals surface area contributed by atoms with Crippen LogP contribution in [-0.2, 0) is 0 Å². The van der Waals surface area contributed by atoms with Crippen molar-refractivity contribution < 1.29 is 9.53 Å². The second kappa shape index (κ2) is 6.79. The number of hydrogen-bond acceptors (Lipinski definition) is 3. The molecule has 1 unspecified atom stereocenters. The lowest BCUT2D eigenvalue weighted by molar-refractivity contribution is 0.0963. The van der Waals surface area contributed by atoms with Gasteiger partial charge in [0.05, 0.1) is 13.2 Å². The normalized spacial score (nSPS) is 11.6. The van der Waals surface area contributed by atoms with Crippen molar-refractivity contribution in [2.24, 2.45) is 0 Å². The Bertz CT molecular complexity index is 608. The molecule has 2 N–H and O–H groups in total. The molecular weight excluding hydrogens is 264 g/mol. The Morgan fingerprint density at radius 3 is 2.38 bits per heavy atom. The van der Waals surface area contributed by atoms with Gasteiger partial charge in [-0.2, -0.15) is 0 Å². The molecule has 0 aliphatic heterocycles. The standard InChI is InChI=1S/C17H20N2O2/c1-12(15-6-4-5-7-16(15)21-3)19-14-10-8-13(9-11-14)17(20)18-2/h4-12,19H,1-3H3,(H,18,20). The SMILES string of the molecule is CNC(=O)c1ccc(NC(C)c2ccccc2OC)cc1. The van der Waals surface area contributed by atoms with Crippen LogP contribution in [0.3, 0.4) is 0 Å². The fraction of sp³-hybridized carbons (Fsp3) is 0.235. The van der Waals surface area contributed by atoms with E-state index in [2.05, 4.69) is 17.6 Å². The van der Waals surface area contributed by atoms with Crippen LogP contribution in [0.1, 0.15) is 28.9 Å². The highest BCUT2D eigenvalue weighted by Gasteiger charge is 2.11. The van der Waals surface area contributed by atoms with Gasteiger partial charge in [0.15, 0.2) is 0 Å². The van der Waals surface area contributed by atoms with Crippen molar-refractivity contribution in [3.05, 3.63) is 59.7 Å². The van der Waals surface area contributed by atoms with Crippen molar-refractivity contribution in [3.63, 3.8) is 0 Å². The first-order valence-electron chi connectivity index (χ1n) is 6.87. The summed E-state index contributed by atoms with van der Waals surface area (Å²) in [7, 11) is 3.29. The topological polar surface area (TPSA) is 50.4 Å². The molecule has 21 heavy (non-hydrogen) atoms. The third-order valence-electron chi connectivity index (χ3n) is 3.36. The lowest BCUT2D eigenvalue weighted by atomic mass is 10.1. The lowest BCUT2D eigenvalue weighted by Gasteiger charge is -2.18. The fourth-order valence-corrected chi connectivity index (χ4v) is 2.21. The van der Waals surface area contributed by atoms with Crippen molar-refractivity contribution >= 4 is 11.6 Å². The van der Waals surface area contributed by atoms with Gasteiger partial charge >= 0.3 is 0 Å². The number of carbonyl (C=O) groups is 1. The monoisotopic (exact) mass is 284 g/mol. The van der Waals surface area contributed by atoms with Crippen LogP contribution in [0.4, 0.5) is 5.69 Å². The van der Waals surface area contributed by atoms with Gasteiger partial charge in [-0.3, -0.25) is 4.79 Å². The quantitative estimate of drug-likeness (QED) is 0.886. The number of hydrogen-bond donors (Lipinski definition) is 2. The molecular formula is C17H20N2O2. The molecule has 0 spiro atoms. The van der Waals surface area contributed by atoms with Gasteiger partial charge < -0.3 is 15.4 Å². The van der Waals surface area contributed by atoms with E-state index in [4.69, 9.17) is 4.74 Å². The van der Waals surface area contributed by atoms with Crippen LogP contribution in [0.25, 0.3) is 0 Å².